The summed E-state index contributed by atoms with van der Waals surface area (Å²) < 4.78 is 5.31. The lowest BCUT2D eigenvalue weighted by Gasteiger charge is -2.32. The molecule has 0 atom stereocenters. The highest BCUT2D eigenvalue weighted by atomic mass is 16.5. The number of hydrazine groups is 1. The van der Waals surface area contributed by atoms with E-state index >= 15 is 0 Å². The van der Waals surface area contributed by atoms with Crippen molar-refractivity contribution in [2.24, 2.45) is 5.84 Å². The van der Waals surface area contributed by atoms with Gasteiger partial charge >= 0.3 is 6.01 Å². The number of nitrogen functional groups attached to an aromatic ring is 1. The van der Waals surface area contributed by atoms with E-state index in [1.165, 1.54) is 6.92 Å². The second kappa shape index (κ2) is 7.02. The molecule has 0 saturated carbocycles. The van der Waals surface area contributed by atoms with Crippen LogP contribution in [0.5, 0.6) is 6.01 Å². The zero-order valence-electron chi connectivity index (χ0n) is 12.3. The van der Waals surface area contributed by atoms with Gasteiger partial charge in [-0.05, 0) is 19.8 Å². The lowest BCUT2D eigenvalue weighted by Crippen LogP contribution is -2.44. The molecule has 4 N–H and O–H groups in total. The van der Waals surface area contributed by atoms with Gasteiger partial charge in [-0.3, -0.25) is 10.2 Å². The summed E-state index contributed by atoms with van der Waals surface area (Å²) >= 11 is 0. The number of carbonyl (C=O) groups is 1. The standard InChI is InChI=1S/C12H21N7O2/c1-3-21-12-16-10(18-13)15-11(17-12)19-6-4-9(5-7-19)14-8(2)20/h9H,3-7,13H2,1-2H3,(H,14,20)(H,15,16,17,18). The van der Waals surface area contributed by atoms with Gasteiger partial charge in [-0.25, -0.2) is 5.84 Å². The monoisotopic (exact) mass is 295 g/mol. The van der Waals surface area contributed by atoms with Crippen molar-refractivity contribution in [3.8, 4) is 6.01 Å². The number of amides is 1. The molecule has 1 aromatic rings. The summed E-state index contributed by atoms with van der Waals surface area (Å²) in [6.07, 6.45) is 1.70. The number of nitrogens with zero attached hydrogens (tertiary/aromatic N) is 4. The van der Waals surface area contributed by atoms with Crippen molar-refractivity contribution in [1.82, 2.24) is 20.3 Å². The molecule has 2 rings (SSSR count). The minimum absolute atomic E-state index is 0.00172. The van der Waals surface area contributed by atoms with E-state index in [2.05, 4.69) is 25.7 Å². The van der Waals surface area contributed by atoms with Gasteiger partial charge in [-0.1, -0.05) is 0 Å². The number of hydrogen-bond donors (Lipinski definition) is 3. The van der Waals surface area contributed by atoms with Gasteiger partial charge in [0.2, 0.25) is 17.8 Å². The lowest BCUT2D eigenvalue weighted by atomic mass is 10.1. The van der Waals surface area contributed by atoms with Crippen molar-refractivity contribution in [3.63, 3.8) is 0 Å². The molecule has 0 aromatic carbocycles. The molecule has 9 nitrogen and oxygen atoms in total. The molecule has 116 valence electrons. The smallest absolute Gasteiger partial charge is 0.323 e. The quantitative estimate of drug-likeness (QED) is 0.499. The summed E-state index contributed by atoms with van der Waals surface area (Å²) in [7, 11) is 0. The van der Waals surface area contributed by atoms with Crippen molar-refractivity contribution in [2.45, 2.75) is 32.7 Å². The zero-order chi connectivity index (χ0) is 15.2. The Morgan fingerprint density at radius 3 is 2.67 bits per heavy atom. The maximum absolute atomic E-state index is 11.1. The van der Waals surface area contributed by atoms with Gasteiger partial charge in [-0.15, -0.1) is 0 Å². The third-order valence-electron chi connectivity index (χ3n) is 3.19. The Balaban J connectivity index is 2.05. The fourth-order valence-corrected chi connectivity index (χ4v) is 2.26. The highest BCUT2D eigenvalue weighted by molar-refractivity contribution is 5.73. The molecule has 21 heavy (non-hydrogen) atoms. The minimum Gasteiger partial charge on any atom is -0.464 e. The third kappa shape index (κ3) is 4.15. The van der Waals surface area contributed by atoms with Gasteiger partial charge in [0.1, 0.15) is 0 Å². The van der Waals surface area contributed by atoms with Crippen LogP contribution in [0.15, 0.2) is 0 Å². The number of aromatic nitrogens is 3. The Morgan fingerprint density at radius 1 is 1.38 bits per heavy atom. The summed E-state index contributed by atoms with van der Waals surface area (Å²) in [6.45, 7) is 5.37. The second-order valence-corrected chi connectivity index (χ2v) is 4.78. The normalized spacial score (nSPS) is 15.7. The van der Waals surface area contributed by atoms with E-state index in [-0.39, 0.29) is 23.9 Å². The molecule has 1 aliphatic heterocycles. The van der Waals surface area contributed by atoms with Gasteiger partial charge in [0.15, 0.2) is 0 Å². The predicted octanol–water partition coefficient (Wildman–Crippen LogP) is -0.339. The fraction of sp³-hybridized carbons (Fsp3) is 0.667. The van der Waals surface area contributed by atoms with Crippen LogP contribution >= 0.6 is 0 Å². The Labute approximate surface area is 123 Å². The fourth-order valence-electron chi connectivity index (χ4n) is 2.26. The number of rotatable bonds is 5. The Kier molecular flexibility index (Phi) is 5.09. The molecule has 0 spiro atoms. The van der Waals surface area contributed by atoms with Crippen LogP contribution in [0.1, 0.15) is 26.7 Å². The van der Waals surface area contributed by atoms with E-state index < -0.39 is 0 Å². The molecule has 9 heteroatoms. The van der Waals surface area contributed by atoms with E-state index in [9.17, 15) is 4.79 Å². The van der Waals surface area contributed by atoms with Crippen molar-refractivity contribution in [1.29, 1.82) is 0 Å². The van der Waals surface area contributed by atoms with Gasteiger partial charge in [0, 0.05) is 26.1 Å². The maximum atomic E-state index is 11.1. The van der Waals surface area contributed by atoms with Crippen LogP contribution < -0.4 is 26.2 Å². The number of nitrogens with one attached hydrogen (secondary N) is 2. The van der Waals surface area contributed by atoms with Crippen LogP contribution in [-0.2, 0) is 4.79 Å². The van der Waals surface area contributed by atoms with Gasteiger partial charge in [0.05, 0.1) is 6.61 Å². The van der Waals surface area contributed by atoms with Crippen LogP contribution in [0, 0.1) is 0 Å². The first kappa shape index (κ1) is 15.2. The first-order valence-electron chi connectivity index (χ1n) is 7.00. The number of anilines is 2. The third-order valence-corrected chi connectivity index (χ3v) is 3.19. The number of nitrogens with two attached hydrogens (primary N) is 1. The second-order valence-electron chi connectivity index (χ2n) is 4.78. The molecule has 1 fully saturated rings. The lowest BCUT2D eigenvalue weighted by molar-refractivity contribution is -0.119. The first-order valence-corrected chi connectivity index (χ1v) is 7.00. The van der Waals surface area contributed by atoms with Gasteiger partial charge in [0.25, 0.3) is 0 Å². The Hall–Kier alpha value is -2.16. The average Bonchev–Trinajstić information content (AvgIpc) is 2.47. The van der Waals surface area contributed by atoms with Crippen LogP contribution in [0.3, 0.4) is 0 Å². The molecule has 1 saturated heterocycles. The molecular weight excluding hydrogens is 274 g/mol. The van der Waals surface area contributed by atoms with Crippen LogP contribution in [0.25, 0.3) is 0 Å². The molecule has 0 aliphatic carbocycles. The SMILES string of the molecule is CCOc1nc(NN)nc(N2CCC(NC(C)=O)CC2)n1. The average molecular weight is 295 g/mol. The summed E-state index contributed by atoms with van der Waals surface area (Å²) in [5.74, 6) is 6.17. The van der Waals surface area contributed by atoms with Crippen LogP contribution in [0.2, 0.25) is 0 Å². The molecular formula is C12H21N7O2. The van der Waals surface area contributed by atoms with E-state index in [1.54, 1.807) is 0 Å². The Morgan fingerprint density at radius 2 is 2.10 bits per heavy atom. The largest absolute Gasteiger partial charge is 0.464 e. The van der Waals surface area contributed by atoms with Crippen molar-refractivity contribution in [3.05, 3.63) is 0 Å². The number of carbonyl (C=O) groups excluding carboxylic acids is 1. The van der Waals surface area contributed by atoms with Crippen LogP contribution in [-0.4, -0.2) is 46.6 Å². The molecule has 1 amide bonds. The van der Waals surface area contributed by atoms with E-state index in [0.717, 1.165) is 25.9 Å². The van der Waals surface area contributed by atoms with E-state index in [4.69, 9.17) is 10.6 Å². The first-order chi connectivity index (χ1) is 10.1. The summed E-state index contributed by atoms with van der Waals surface area (Å²) in [5, 5.41) is 2.93. The number of piperidine rings is 1. The number of hydrogen-bond acceptors (Lipinski definition) is 8. The predicted molar refractivity (Wildman–Crippen MR) is 77.9 cm³/mol. The molecule has 1 aliphatic rings. The molecule has 1 aromatic heterocycles. The highest BCUT2D eigenvalue weighted by Gasteiger charge is 2.22. The van der Waals surface area contributed by atoms with Gasteiger partial charge in [-0.2, -0.15) is 15.0 Å². The maximum Gasteiger partial charge on any atom is 0.323 e. The van der Waals surface area contributed by atoms with E-state index in [1.807, 2.05) is 11.8 Å². The van der Waals surface area contributed by atoms with Gasteiger partial charge < -0.3 is 15.0 Å². The summed E-state index contributed by atoms with van der Waals surface area (Å²) in [4.78, 5) is 25.6. The molecule has 2 heterocycles. The minimum atomic E-state index is 0.00172. The number of ether oxygens (including phenoxy) is 1. The zero-order valence-corrected chi connectivity index (χ0v) is 12.3. The molecule has 0 radical (unpaired) electrons. The highest BCUT2D eigenvalue weighted by Crippen LogP contribution is 2.19. The topological polar surface area (TPSA) is 118 Å². The van der Waals surface area contributed by atoms with Crippen molar-refractivity contribution in [2.75, 3.05) is 30.0 Å². The summed E-state index contributed by atoms with van der Waals surface area (Å²) in [5.41, 5.74) is 2.41. The van der Waals surface area contributed by atoms with Crippen molar-refractivity contribution >= 4 is 17.8 Å². The Bertz CT molecular complexity index is 488. The molecule has 0 unspecified atom stereocenters. The van der Waals surface area contributed by atoms with Crippen molar-refractivity contribution < 1.29 is 9.53 Å². The molecule has 0 bridgehead atoms. The summed E-state index contributed by atoms with van der Waals surface area (Å²) in [6, 6.07) is 0.457. The van der Waals surface area contributed by atoms with Crippen LogP contribution in [0.4, 0.5) is 11.9 Å². The van der Waals surface area contributed by atoms with E-state index in [0.29, 0.717) is 12.6 Å².